The third kappa shape index (κ3) is 3.97. The lowest BCUT2D eigenvalue weighted by Crippen LogP contribution is -2.41. The number of nitrogens with zero attached hydrogens (tertiary/aromatic N) is 2. The lowest BCUT2D eigenvalue weighted by Gasteiger charge is -2.20. The van der Waals surface area contributed by atoms with Crippen LogP contribution in [0.1, 0.15) is 25.3 Å². The topological polar surface area (TPSA) is 78.7 Å². The van der Waals surface area contributed by atoms with Crippen molar-refractivity contribution in [3.05, 3.63) is 35.9 Å². The minimum Gasteiger partial charge on any atom is -0.330 e. The first kappa shape index (κ1) is 19.7. The molecule has 7 heteroatoms. The van der Waals surface area contributed by atoms with Crippen molar-refractivity contribution in [1.82, 2.24) is 15.1 Å². The summed E-state index contributed by atoms with van der Waals surface area (Å²) >= 11 is 0. The van der Waals surface area contributed by atoms with E-state index in [-0.39, 0.29) is 24.3 Å². The minimum absolute atomic E-state index is 0. The van der Waals surface area contributed by atoms with Crippen molar-refractivity contribution in [2.45, 2.75) is 25.3 Å². The molecular weight excluding hydrogens is 340 g/mol. The maximum absolute atomic E-state index is 12.3. The second-order valence-electron chi connectivity index (χ2n) is 7.28. The fraction of sp³-hybridized carbons (Fsp3) is 0.556. The monoisotopic (exact) mass is 366 g/mol. The van der Waals surface area contributed by atoms with Gasteiger partial charge in [0.05, 0.1) is 0 Å². The maximum atomic E-state index is 12.3. The number of imide groups is 1. The number of nitrogens with one attached hydrogen (secondary N) is 1. The fourth-order valence-corrected chi connectivity index (χ4v) is 3.72. The molecule has 2 fully saturated rings. The third-order valence-corrected chi connectivity index (χ3v) is 5.13. The average Bonchev–Trinajstić information content (AvgIpc) is 3.06. The molecule has 6 nitrogen and oxygen atoms in total. The highest BCUT2D eigenvalue weighted by molar-refractivity contribution is 6.06. The van der Waals surface area contributed by atoms with E-state index in [2.05, 4.69) is 34.5 Å². The first-order chi connectivity index (χ1) is 11.4. The van der Waals surface area contributed by atoms with Crippen LogP contribution in [0.25, 0.3) is 0 Å². The van der Waals surface area contributed by atoms with Gasteiger partial charge >= 0.3 is 6.03 Å². The molecule has 3 rings (SSSR count). The van der Waals surface area contributed by atoms with Gasteiger partial charge in [-0.1, -0.05) is 30.3 Å². The van der Waals surface area contributed by atoms with Gasteiger partial charge in [0.1, 0.15) is 5.54 Å². The van der Waals surface area contributed by atoms with Gasteiger partial charge in [-0.3, -0.25) is 9.69 Å². The molecular formula is C18H27ClN4O2. The van der Waals surface area contributed by atoms with E-state index in [4.69, 9.17) is 5.73 Å². The number of hydrogen-bond donors (Lipinski definition) is 2. The number of carbonyl (C=O) groups excluding carboxylic acids is 2. The van der Waals surface area contributed by atoms with Crippen LogP contribution in [0, 0.1) is 5.92 Å². The Morgan fingerprint density at radius 1 is 1.16 bits per heavy atom. The highest BCUT2D eigenvalue weighted by Gasteiger charge is 2.44. The molecule has 2 aliphatic heterocycles. The molecule has 3 amide bonds. The molecule has 2 saturated heterocycles. The molecule has 2 atom stereocenters. The molecule has 0 spiro atoms. The molecule has 0 radical (unpaired) electrons. The van der Waals surface area contributed by atoms with Gasteiger partial charge in [-0.05, 0) is 31.9 Å². The van der Waals surface area contributed by atoms with E-state index in [0.29, 0.717) is 31.5 Å². The van der Waals surface area contributed by atoms with E-state index < -0.39 is 5.54 Å². The first-order valence-corrected chi connectivity index (χ1v) is 8.54. The standard InChI is InChI=1S/C18H26N4O2.ClH/c1-18(2)16(23)22(17(24)20-18)9-8-21-11-14(10-19)15(12-21)13-6-4-3-5-7-13;/h3-7,14-15H,8-12,19H2,1-2H3,(H,20,24);1H/t14-,15+;/m1./s1. The summed E-state index contributed by atoms with van der Waals surface area (Å²) < 4.78 is 0. The van der Waals surface area contributed by atoms with Gasteiger partial charge in [-0.25, -0.2) is 4.79 Å². The minimum atomic E-state index is -0.797. The summed E-state index contributed by atoms with van der Waals surface area (Å²) in [6.45, 7) is 7.05. The Morgan fingerprint density at radius 2 is 1.84 bits per heavy atom. The predicted octanol–water partition coefficient (Wildman–Crippen LogP) is 1.41. The van der Waals surface area contributed by atoms with Crippen molar-refractivity contribution in [1.29, 1.82) is 0 Å². The summed E-state index contributed by atoms with van der Waals surface area (Å²) in [6.07, 6.45) is 0. The maximum Gasteiger partial charge on any atom is 0.325 e. The predicted molar refractivity (Wildman–Crippen MR) is 99.7 cm³/mol. The first-order valence-electron chi connectivity index (χ1n) is 8.54. The molecule has 1 aromatic rings. The summed E-state index contributed by atoms with van der Waals surface area (Å²) in [5.74, 6) is 0.671. The number of rotatable bonds is 5. The molecule has 1 aromatic carbocycles. The Bertz CT molecular complexity index is 623. The molecule has 2 aliphatic rings. The second-order valence-corrected chi connectivity index (χ2v) is 7.28. The summed E-state index contributed by atoms with van der Waals surface area (Å²) in [5.41, 5.74) is 6.48. The number of carbonyl (C=O) groups is 2. The SMILES string of the molecule is CC1(C)NC(=O)N(CCN2C[C@@H](CN)[C@H](c3ccccc3)C2)C1=O.Cl. The molecule has 0 bridgehead atoms. The highest BCUT2D eigenvalue weighted by atomic mass is 35.5. The number of hydrogen-bond acceptors (Lipinski definition) is 4. The van der Waals surface area contributed by atoms with Crippen LogP contribution in [-0.4, -0.2) is 60.0 Å². The number of urea groups is 1. The molecule has 25 heavy (non-hydrogen) atoms. The van der Waals surface area contributed by atoms with Crippen LogP contribution in [0.2, 0.25) is 0 Å². The van der Waals surface area contributed by atoms with Crippen LogP contribution in [0.4, 0.5) is 4.79 Å². The molecule has 3 N–H and O–H groups in total. The number of amides is 3. The molecule has 0 unspecified atom stereocenters. The lowest BCUT2D eigenvalue weighted by atomic mass is 9.89. The van der Waals surface area contributed by atoms with E-state index in [0.717, 1.165) is 13.1 Å². The number of likely N-dealkylation sites (tertiary alicyclic amines) is 1. The van der Waals surface area contributed by atoms with Gasteiger partial charge in [0, 0.05) is 32.1 Å². The normalized spacial score (nSPS) is 25.8. The summed E-state index contributed by atoms with van der Waals surface area (Å²) in [7, 11) is 0. The van der Waals surface area contributed by atoms with Crippen molar-refractivity contribution >= 4 is 24.3 Å². The van der Waals surface area contributed by atoms with Crippen LogP contribution < -0.4 is 11.1 Å². The van der Waals surface area contributed by atoms with E-state index >= 15 is 0 Å². The zero-order valence-electron chi connectivity index (χ0n) is 14.8. The Labute approximate surface area is 155 Å². The van der Waals surface area contributed by atoms with Crippen LogP contribution in [0.15, 0.2) is 30.3 Å². The lowest BCUT2D eigenvalue weighted by molar-refractivity contribution is -0.130. The largest absolute Gasteiger partial charge is 0.330 e. The van der Waals surface area contributed by atoms with Crippen LogP contribution in [0.3, 0.4) is 0 Å². The third-order valence-electron chi connectivity index (χ3n) is 5.13. The van der Waals surface area contributed by atoms with Crippen LogP contribution in [-0.2, 0) is 4.79 Å². The van der Waals surface area contributed by atoms with E-state index in [1.807, 2.05) is 6.07 Å². The van der Waals surface area contributed by atoms with Gasteiger partial charge in [-0.2, -0.15) is 0 Å². The number of benzene rings is 1. The number of nitrogens with two attached hydrogens (primary N) is 1. The molecule has 2 heterocycles. The van der Waals surface area contributed by atoms with Crippen LogP contribution >= 0.6 is 12.4 Å². The Hall–Kier alpha value is -1.63. The quantitative estimate of drug-likeness (QED) is 0.772. The van der Waals surface area contributed by atoms with E-state index in [1.165, 1.54) is 10.5 Å². The van der Waals surface area contributed by atoms with Crippen molar-refractivity contribution in [2.75, 3.05) is 32.7 Å². The van der Waals surface area contributed by atoms with Crippen molar-refractivity contribution in [2.24, 2.45) is 11.7 Å². The van der Waals surface area contributed by atoms with Crippen molar-refractivity contribution in [3.8, 4) is 0 Å². The Balaban J connectivity index is 0.00000225. The van der Waals surface area contributed by atoms with Gasteiger partial charge in [-0.15, -0.1) is 12.4 Å². The molecule has 138 valence electrons. The molecule has 0 aromatic heterocycles. The van der Waals surface area contributed by atoms with E-state index in [1.54, 1.807) is 13.8 Å². The Morgan fingerprint density at radius 3 is 2.40 bits per heavy atom. The molecule has 0 saturated carbocycles. The summed E-state index contributed by atoms with van der Waals surface area (Å²) in [4.78, 5) is 27.9. The zero-order valence-corrected chi connectivity index (χ0v) is 15.6. The second kappa shape index (κ2) is 7.72. The van der Waals surface area contributed by atoms with Crippen molar-refractivity contribution in [3.63, 3.8) is 0 Å². The van der Waals surface area contributed by atoms with Gasteiger partial charge < -0.3 is 16.0 Å². The smallest absolute Gasteiger partial charge is 0.325 e. The zero-order chi connectivity index (χ0) is 17.3. The Kier molecular flexibility index (Phi) is 6.08. The van der Waals surface area contributed by atoms with E-state index in [9.17, 15) is 9.59 Å². The average molecular weight is 367 g/mol. The fourth-order valence-electron chi connectivity index (χ4n) is 3.72. The van der Waals surface area contributed by atoms with Crippen LogP contribution in [0.5, 0.6) is 0 Å². The van der Waals surface area contributed by atoms with Gasteiger partial charge in [0.15, 0.2) is 0 Å². The summed E-state index contributed by atoms with van der Waals surface area (Å²) in [6, 6.07) is 10.1. The highest BCUT2D eigenvalue weighted by Crippen LogP contribution is 2.31. The van der Waals surface area contributed by atoms with Gasteiger partial charge in [0.25, 0.3) is 5.91 Å². The number of halogens is 1. The van der Waals surface area contributed by atoms with Gasteiger partial charge in [0.2, 0.25) is 0 Å². The van der Waals surface area contributed by atoms with Crippen molar-refractivity contribution < 1.29 is 9.59 Å². The summed E-state index contributed by atoms with van der Waals surface area (Å²) in [5, 5.41) is 2.72. The molecule has 0 aliphatic carbocycles.